The lowest BCUT2D eigenvalue weighted by molar-refractivity contribution is -0.145. The molecular weight excluding hydrogens is 350 g/mol. The lowest BCUT2D eigenvalue weighted by Crippen LogP contribution is -2.06. The van der Waals surface area contributed by atoms with Crippen molar-refractivity contribution >= 4 is 28.2 Å². The lowest BCUT2D eigenvalue weighted by atomic mass is 10.1. The summed E-state index contributed by atoms with van der Waals surface area (Å²) in [5.74, 6) is 0.466. The van der Waals surface area contributed by atoms with Crippen LogP contribution in [0.4, 0.5) is 0 Å². The van der Waals surface area contributed by atoms with Crippen molar-refractivity contribution in [1.82, 2.24) is 15.1 Å². The summed E-state index contributed by atoms with van der Waals surface area (Å²) >= 11 is 1.52. The van der Waals surface area contributed by atoms with E-state index in [4.69, 9.17) is 9.26 Å². The van der Waals surface area contributed by atoms with E-state index in [9.17, 15) is 4.79 Å². The molecule has 1 aromatic carbocycles. The Kier molecular flexibility index (Phi) is 4.70. The van der Waals surface area contributed by atoms with Gasteiger partial charge in [-0.15, -0.1) is 11.3 Å². The fourth-order valence-electron chi connectivity index (χ4n) is 2.51. The minimum Gasteiger partial charge on any atom is -0.456 e. The molecule has 0 saturated heterocycles. The smallest absolute Gasteiger partial charge is 0.306 e. The van der Waals surface area contributed by atoms with Gasteiger partial charge in [-0.1, -0.05) is 35.5 Å². The molecule has 0 bridgehead atoms. The number of nitrogens with zero attached hydrogens (tertiary/aromatic N) is 3. The molecule has 0 amide bonds. The van der Waals surface area contributed by atoms with Crippen molar-refractivity contribution in [1.29, 1.82) is 0 Å². The number of fused-ring (bicyclic) bond motifs is 1. The van der Waals surface area contributed by atoms with Crippen LogP contribution in [0.15, 0.2) is 58.4 Å². The normalized spacial score (nSPS) is 10.9. The monoisotopic (exact) mass is 365 g/mol. The third-order valence-corrected chi connectivity index (χ3v) is 4.67. The zero-order valence-corrected chi connectivity index (χ0v) is 14.6. The van der Waals surface area contributed by atoms with E-state index in [-0.39, 0.29) is 24.9 Å². The molecule has 26 heavy (non-hydrogen) atoms. The van der Waals surface area contributed by atoms with Gasteiger partial charge >= 0.3 is 5.97 Å². The Morgan fingerprint density at radius 2 is 2.00 bits per heavy atom. The van der Waals surface area contributed by atoms with Crippen molar-refractivity contribution in [3.05, 3.63) is 65.5 Å². The van der Waals surface area contributed by atoms with Crippen LogP contribution in [-0.2, 0) is 22.6 Å². The Hall–Kier alpha value is -3.06. The highest BCUT2D eigenvalue weighted by Crippen LogP contribution is 2.21. The average Bonchev–Trinajstić information content (AvgIpc) is 3.36. The molecule has 3 aromatic heterocycles. The van der Waals surface area contributed by atoms with E-state index in [1.165, 1.54) is 11.3 Å². The number of pyridine rings is 1. The van der Waals surface area contributed by atoms with Crippen LogP contribution in [0.1, 0.15) is 18.0 Å². The molecule has 0 atom stereocenters. The number of ether oxygens (including phenoxy) is 1. The number of aryl methyl sites for hydroxylation is 1. The van der Waals surface area contributed by atoms with Crippen molar-refractivity contribution < 1.29 is 14.1 Å². The Balaban J connectivity index is 1.30. The minimum absolute atomic E-state index is 0.0254. The van der Waals surface area contributed by atoms with Crippen LogP contribution < -0.4 is 0 Å². The maximum atomic E-state index is 12.0. The highest BCUT2D eigenvalue weighted by atomic mass is 32.1. The standard InChI is InChI=1S/C19H15N3O3S/c23-18(10-9-14-8-7-13-4-1-2-5-15(13)20-14)24-12-17-21-19(22-25-17)16-6-3-11-26-16/h1-8,11H,9-10,12H2. The van der Waals surface area contributed by atoms with Crippen LogP contribution in [0, 0.1) is 0 Å². The van der Waals surface area contributed by atoms with Gasteiger partial charge in [-0.3, -0.25) is 9.78 Å². The van der Waals surface area contributed by atoms with E-state index in [1.54, 1.807) is 0 Å². The number of thiophene rings is 1. The van der Waals surface area contributed by atoms with Gasteiger partial charge in [0.15, 0.2) is 6.61 Å². The van der Waals surface area contributed by atoms with Crippen molar-refractivity contribution in [3.63, 3.8) is 0 Å². The van der Waals surface area contributed by atoms with Gasteiger partial charge in [0.25, 0.3) is 5.89 Å². The van der Waals surface area contributed by atoms with Crippen LogP contribution in [0.3, 0.4) is 0 Å². The summed E-state index contributed by atoms with van der Waals surface area (Å²) in [6.07, 6.45) is 0.769. The van der Waals surface area contributed by atoms with Gasteiger partial charge in [0.05, 0.1) is 16.8 Å². The van der Waals surface area contributed by atoms with E-state index in [0.717, 1.165) is 21.5 Å². The first kappa shape index (κ1) is 16.4. The zero-order chi connectivity index (χ0) is 17.8. The van der Waals surface area contributed by atoms with Gasteiger partial charge in [0.1, 0.15) is 0 Å². The molecule has 130 valence electrons. The number of aromatic nitrogens is 3. The maximum Gasteiger partial charge on any atom is 0.306 e. The van der Waals surface area contributed by atoms with Crippen molar-refractivity contribution in [2.75, 3.05) is 0 Å². The summed E-state index contributed by atoms with van der Waals surface area (Å²) in [4.78, 5) is 21.6. The van der Waals surface area contributed by atoms with Crippen molar-refractivity contribution in [2.45, 2.75) is 19.4 Å². The molecule has 7 heteroatoms. The van der Waals surface area contributed by atoms with Crippen LogP contribution >= 0.6 is 11.3 Å². The molecule has 0 saturated carbocycles. The third-order valence-electron chi connectivity index (χ3n) is 3.81. The zero-order valence-electron chi connectivity index (χ0n) is 13.8. The Labute approximate surface area is 153 Å². The lowest BCUT2D eigenvalue weighted by Gasteiger charge is -2.03. The first-order chi connectivity index (χ1) is 12.8. The van der Waals surface area contributed by atoms with Crippen LogP contribution in [0.25, 0.3) is 21.6 Å². The number of para-hydroxylation sites is 1. The number of hydrogen-bond acceptors (Lipinski definition) is 7. The number of carbonyl (C=O) groups excluding carboxylic acids is 1. The second kappa shape index (κ2) is 7.45. The van der Waals surface area contributed by atoms with Crippen LogP contribution in [-0.4, -0.2) is 21.1 Å². The molecule has 3 heterocycles. The van der Waals surface area contributed by atoms with E-state index >= 15 is 0 Å². The topological polar surface area (TPSA) is 78.1 Å². The number of hydrogen-bond donors (Lipinski definition) is 0. The molecule has 0 unspecified atom stereocenters. The van der Waals surface area contributed by atoms with E-state index in [2.05, 4.69) is 15.1 Å². The number of benzene rings is 1. The van der Waals surface area contributed by atoms with E-state index in [1.807, 2.05) is 53.9 Å². The number of carbonyl (C=O) groups is 1. The van der Waals surface area contributed by atoms with Crippen molar-refractivity contribution in [3.8, 4) is 10.7 Å². The first-order valence-corrected chi connectivity index (χ1v) is 9.03. The molecule has 0 N–H and O–H groups in total. The summed E-state index contributed by atoms with van der Waals surface area (Å²) in [7, 11) is 0. The van der Waals surface area contributed by atoms with E-state index < -0.39 is 0 Å². The summed E-state index contributed by atoms with van der Waals surface area (Å²) in [6.45, 7) is -0.0254. The Morgan fingerprint density at radius 3 is 2.88 bits per heavy atom. The highest BCUT2D eigenvalue weighted by molar-refractivity contribution is 7.13. The first-order valence-electron chi connectivity index (χ1n) is 8.15. The van der Waals surface area contributed by atoms with Crippen LogP contribution in [0.2, 0.25) is 0 Å². The predicted octanol–water partition coefficient (Wildman–Crippen LogP) is 4.02. The molecule has 0 radical (unpaired) electrons. The molecule has 0 aliphatic heterocycles. The van der Waals surface area contributed by atoms with Gasteiger partial charge in [-0.25, -0.2) is 0 Å². The SMILES string of the molecule is O=C(CCc1ccc2ccccc2n1)OCc1nc(-c2cccs2)no1. The van der Waals surface area contributed by atoms with Gasteiger partial charge in [0.2, 0.25) is 5.82 Å². The second-order valence-electron chi connectivity index (χ2n) is 5.64. The predicted molar refractivity (Wildman–Crippen MR) is 97.5 cm³/mol. The van der Waals surface area contributed by atoms with Gasteiger partial charge in [-0.05, 0) is 23.6 Å². The van der Waals surface area contributed by atoms with Crippen LogP contribution in [0.5, 0.6) is 0 Å². The molecule has 4 aromatic rings. The van der Waals surface area contributed by atoms with Gasteiger partial charge < -0.3 is 9.26 Å². The molecule has 6 nitrogen and oxygen atoms in total. The summed E-state index contributed by atoms with van der Waals surface area (Å²) in [5, 5.41) is 6.90. The second-order valence-corrected chi connectivity index (χ2v) is 6.59. The highest BCUT2D eigenvalue weighted by Gasteiger charge is 2.12. The Morgan fingerprint density at radius 1 is 1.08 bits per heavy atom. The summed E-state index contributed by atoms with van der Waals surface area (Å²) in [6, 6.07) is 15.6. The fraction of sp³-hybridized carbons (Fsp3) is 0.158. The third kappa shape index (κ3) is 3.78. The average molecular weight is 365 g/mol. The van der Waals surface area contributed by atoms with Gasteiger partial charge in [-0.2, -0.15) is 4.98 Å². The molecule has 0 fully saturated rings. The summed E-state index contributed by atoms with van der Waals surface area (Å²) < 4.78 is 10.3. The fourth-order valence-corrected chi connectivity index (χ4v) is 3.16. The Bertz CT molecular complexity index is 1030. The maximum absolute atomic E-state index is 12.0. The molecule has 0 aliphatic rings. The molecule has 0 spiro atoms. The largest absolute Gasteiger partial charge is 0.456 e. The quantitative estimate of drug-likeness (QED) is 0.480. The number of rotatable bonds is 6. The number of esters is 1. The van der Waals surface area contributed by atoms with Crippen molar-refractivity contribution in [2.24, 2.45) is 0 Å². The summed E-state index contributed by atoms with van der Waals surface area (Å²) in [5.41, 5.74) is 1.78. The van der Waals surface area contributed by atoms with E-state index in [0.29, 0.717) is 12.2 Å². The minimum atomic E-state index is -0.323. The molecule has 4 rings (SSSR count). The molecule has 0 aliphatic carbocycles. The molecular formula is C19H15N3O3S. The van der Waals surface area contributed by atoms with Gasteiger partial charge in [0, 0.05) is 17.5 Å².